The monoisotopic (exact) mass is 424 g/mol. The lowest BCUT2D eigenvalue weighted by Gasteiger charge is -2.34. The quantitative estimate of drug-likeness (QED) is 0.448. The van der Waals surface area contributed by atoms with Crippen molar-refractivity contribution in [2.24, 2.45) is 0 Å². The first-order valence-electron chi connectivity index (χ1n) is 10.0. The fraction of sp³-hybridized carbons (Fsp3) is 0.364. The summed E-state index contributed by atoms with van der Waals surface area (Å²) < 4.78 is 8.10. The second-order valence-corrected chi connectivity index (χ2v) is 9.48. The molecule has 1 aliphatic heterocycles. The zero-order chi connectivity index (χ0) is 20.0. The van der Waals surface area contributed by atoms with Crippen LogP contribution in [0.5, 0.6) is 5.75 Å². The summed E-state index contributed by atoms with van der Waals surface area (Å²) in [5.74, 6) is 0.918. The molecule has 1 saturated heterocycles. The summed E-state index contributed by atoms with van der Waals surface area (Å²) in [6.07, 6.45) is 0. The maximum Gasteiger partial charge on any atom is 0.186 e. The van der Waals surface area contributed by atoms with Gasteiger partial charge in [-0.3, -0.25) is 0 Å². The van der Waals surface area contributed by atoms with Crippen molar-refractivity contribution in [3.8, 4) is 5.75 Å². The summed E-state index contributed by atoms with van der Waals surface area (Å²) in [7, 11) is 0. The van der Waals surface area contributed by atoms with E-state index in [4.69, 9.17) is 14.7 Å². The van der Waals surface area contributed by atoms with Crippen LogP contribution in [0.4, 0.5) is 10.3 Å². The first kappa shape index (κ1) is 18.6. The van der Waals surface area contributed by atoms with Gasteiger partial charge in [0.25, 0.3) is 0 Å². The van der Waals surface area contributed by atoms with Crippen LogP contribution in [0.25, 0.3) is 20.4 Å². The Balaban J connectivity index is 1.32. The van der Waals surface area contributed by atoms with E-state index in [-0.39, 0.29) is 0 Å². The number of fused-ring (bicyclic) bond motifs is 2. The molecule has 2 aromatic carbocycles. The number of hydrogen-bond donors (Lipinski definition) is 0. The number of thiazole rings is 2. The summed E-state index contributed by atoms with van der Waals surface area (Å²) in [5.41, 5.74) is 4.77. The van der Waals surface area contributed by atoms with Gasteiger partial charge in [-0.1, -0.05) is 28.7 Å². The van der Waals surface area contributed by atoms with E-state index in [1.807, 2.05) is 24.3 Å². The van der Waals surface area contributed by atoms with Gasteiger partial charge >= 0.3 is 0 Å². The molecular weight excluding hydrogens is 400 g/mol. The van der Waals surface area contributed by atoms with Crippen LogP contribution in [0.1, 0.15) is 18.1 Å². The highest BCUT2D eigenvalue weighted by atomic mass is 32.1. The van der Waals surface area contributed by atoms with Crippen LogP contribution in [0.15, 0.2) is 30.3 Å². The molecule has 2 aromatic heterocycles. The Bertz CT molecular complexity index is 1170. The third-order valence-corrected chi connectivity index (χ3v) is 7.44. The maximum absolute atomic E-state index is 5.63. The predicted molar refractivity (Wildman–Crippen MR) is 124 cm³/mol. The summed E-state index contributed by atoms with van der Waals surface area (Å²) in [6.45, 7) is 10.9. The number of benzene rings is 2. The summed E-state index contributed by atoms with van der Waals surface area (Å²) >= 11 is 3.56. The van der Waals surface area contributed by atoms with Crippen molar-refractivity contribution >= 4 is 53.4 Å². The molecule has 1 aliphatic rings. The molecule has 0 bridgehead atoms. The fourth-order valence-corrected chi connectivity index (χ4v) is 6.11. The highest BCUT2D eigenvalue weighted by Crippen LogP contribution is 2.34. The van der Waals surface area contributed by atoms with E-state index >= 15 is 0 Å². The maximum atomic E-state index is 5.63. The number of hydrogen-bond acceptors (Lipinski definition) is 7. The van der Waals surface area contributed by atoms with Gasteiger partial charge in [0.05, 0.1) is 27.0 Å². The minimum atomic E-state index is 0.685. The molecular formula is C22H24N4OS2. The van der Waals surface area contributed by atoms with Crippen LogP contribution in [0.2, 0.25) is 0 Å². The second-order valence-electron chi connectivity index (χ2n) is 7.46. The van der Waals surface area contributed by atoms with Gasteiger partial charge in [-0.25, -0.2) is 9.97 Å². The van der Waals surface area contributed by atoms with Gasteiger partial charge in [0.1, 0.15) is 5.75 Å². The lowest BCUT2D eigenvalue weighted by molar-refractivity contribution is 0.341. The van der Waals surface area contributed by atoms with Crippen LogP contribution < -0.4 is 14.5 Å². The Hall–Kier alpha value is -2.38. The number of rotatable bonds is 4. The molecule has 3 heterocycles. The molecule has 29 heavy (non-hydrogen) atoms. The van der Waals surface area contributed by atoms with Crippen molar-refractivity contribution in [1.82, 2.24) is 9.97 Å². The molecule has 0 amide bonds. The average molecular weight is 425 g/mol. The second kappa shape index (κ2) is 7.46. The molecule has 0 spiro atoms. The molecule has 0 atom stereocenters. The molecule has 0 radical (unpaired) electrons. The van der Waals surface area contributed by atoms with Gasteiger partial charge in [-0.2, -0.15) is 0 Å². The van der Waals surface area contributed by atoms with Crippen molar-refractivity contribution in [2.75, 3.05) is 42.6 Å². The van der Waals surface area contributed by atoms with E-state index in [9.17, 15) is 0 Å². The molecule has 0 aliphatic carbocycles. The zero-order valence-corrected chi connectivity index (χ0v) is 18.6. The van der Waals surface area contributed by atoms with E-state index in [1.54, 1.807) is 11.3 Å². The van der Waals surface area contributed by atoms with Gasteiger partial charge in [-0.05, 0) is 56.2 Å². The van der Waals surface area contributed by atoms with Crippen molar-refractivity contribution in [2.45, 2.75) is 20.8 Å². The Morgan fingerprint density at radius 1 is 0.897 bits per heavy atom. The third-order valence-electron chi connectivity index (χ3n) is 5.30. The van der Waals surface area contributed by atoms with Crippen LogP contribution in [0, 0.1) is 13.8 Å². The fourth-order valence-electron chi connectivity index (χ4n) is 3.87. The highest BCUT2D eigenvalue weighted by Gasteiger charge is 2.22. The number of nitrogens with zero attached hydrogens (tertiary/aromatic N) is 4. The summed E-state index contributed by atoms with van der Waals surface area (Å²) in [4.78, 5) is 14.6. The summed E-state index contributed by atoms with van der Waals surface area (Å²) in [6, 6.07) is 10.6. The van der Waals surface area contributed by atoms with Gasteiger partial charge in [0, 0.05) is 26.2 Å². The first-order valence-corrected chi connectivity index (χ1v) is 11.6. The number of ether oxygens (including phenoxy) is 1. The Morgan fingerprint density at radius 2 is 1.59 bits per heavy atom. The van der Waals surface area contributed by atoms with Gasteiger partial charge in [0.2, 0.25) is 0 Å². The minimum Gasteiger partial charge on any atom is -0.494 e. The summed E-state index contributed by atoms with van der Waals surface area (Å²) in [5, 5.41) is 2.24. The third kappa shape index (κ3) is 3.53. The Morgan fingerprint density at radius 3 is 2.31 bits per heavy atom. The Kier molecular flexibility index (Phi) is 4.80. The standard InChI is InChI=1S/C22H24N4OS2/c1-4-27-16-5-6-17-18(13-16)28-21(23-17)25-7-9-26(10-8-25)22-24-20-15(3)11-14(2)12-19(20)29-22/h5-6,11-13H,4,7-10H2,1-3H3. The number of aryl methyl sites for hydroxylation is 2. The van der Waals surface area contributed by atoms with Gasteiger partial charge in [0.15, 0.2) is 10.3 Å². The minimum absolute atomic E-state index is 0.685. The number of aromatic nitrogens is 2. The number of anilines is 2. The van der Waals surface area contributed by atoms with Crippen LogP contribution >= 0.6 is 22.7 Å². The largest absolute Gasteiger partial charge is 0.494 e. The normalized spacial score (nSPS) is 14.9. The predicted octanol–water partition coefficient (Wildman–Crippen LogP) is 5.25. The smallest absolute Gasteiger partial charge is 0.186 e. The van der Waals surface area contributed by atoms with Crippen LogP contribution in [-0.4, -0.2) is 42.8 Å². The lowest BCUT2D eigenvalue weighted by Crippen LogP contribution is -2.46. The Labute approximate surface area is 178 Å². The van der Waals surface area contributed by atoms with E-state index in [0.717, 1.165) is 53.2 Å². The molecule has 0 N–H and O–H groups in total. The van der Waals surface area contributed by atoms with E-state index in [0.29, 0.717) is 6.61 Å². The molecule has 7 heteroatoms. The van der Waals surface area contributed by atoms with Crippen molar-refractivity contribution in [3.63, 3.8) is 0 Å². The van der Waals surface area contributed by atoms with Gasteiger partial charge < -0.3 is 14.5 Å². The molecule has 5 nitrogen and oxygen atoms in total. The molecule has 0 saturated carbocycles. The molecule has 0 unspecified atom stereocenters. The topological polar surface area (TPSA) is 41.5 Å². The molecule has 150 valence electrons. The lowest BCUT2D eigenvalue weighted by atomic mass is 10.1. The SMILES string of the molecule is CCOc1ccc2nc(N3CCN(c4nc5c(C)cc(C)cc5s4)CC3)sc2c1. The number of piperazine rings is 1. The van der Waals surface area contributed by atoms with Crippen molar-refractivity contribution < 1.29 is 4.74 Å². The van der Waals surface area contributed by atoms with Crippen molar-refractivity contribution in [3.05, 3.63) is 41.5 Å². The molecule has 5 rings (SSSR count). The first-order chi connectivity index (χ1) is 14.1. The zero-order valence-electron chi connectivity index (χ0n) is 16.9. The van der Waals surface area contributed by atoms with E-state index in [1.165, 1.54) is 20.5 Å². The van der Waals surface area contributed by atoms with E-state index in [2.05, 4.69) is 47.9 Å². The highest BCUT2D eigenvalue weighted by molar-refractivity contribution is 7.22. The van der Waals surface area contributed by atoms with E-state index < -0.39 is 0 Å². The molecule has 1 fully saturated rings. The van der Waals surface area contributed by atoms with Crippen molar-refractivity contribution in [1.29, 1.82) is 0 Å². The van der Waals surface area contributed by atoms with Crippen LogP contribution in [-0.2, 0) is 0 Å². The van der Waals surface area contributed by atoms with Crippen LogP contribution in [0.3, 0.4) is 0 Å². The average Bonchev–Trinajstić information content (AvgIpc) is 3.32. The molecule has 4 aromatic rings. The van der Waals surface area contributed by atoms with Gasteiger partial charge in [-0.15, -0.1) is 0 Å².